The first-order valence-electron chi connectivity index (χ1n) is 10.5. The predicted molar refractivity (Wildman–Crippen MR) is 125 cm³/mol. The Morgan fingerprint density at radius 1 is 1.03 bits per heavy atom. The normalized spacial score (nSPS) is 10.5. The zero-order chi connectivity index (χ0) is 22.8. The highest BCUT2D eigenvalue weighted by atomic mass is 35.5. The Morgan fingerprint density at radius 3 is 2.56 bits per heavy atom. The Bertz CT molecular complexity index is 997. The molecule has 1 amide bonds. The first-order chi connectivity index (χ1) is 15.6. The lowest BCUT2D eigenvalue weighted by Crippen LogP contribution is -2.28. The fourth-order valence-corrected chi connectivity index (χ4v) is 3.14. The number of pyridine rings is 1. The molecule has 168 valence electrons. The van der Waals surface area contributed by atoms with Gasteiger partial charge in [-0.25, -0.2) is 0 Å². The van der Waals surface area contributed by atoms with Gasteiger partial charge in [-0.2, -0.15) is 0 Å². The molecular formula is C25H27ClN2O4. The van der Waals surface area contributed by atoms with Gasteiger partial charge in [0.2, 0.25) is 0 Å². The van der Waals surface area contributed by atoms with Gasteiger partial charge in [-0.1, -0.05) is 17.7 Å². The molecule has 0 saturated carbocycles. The highest BCUT2D eigenvalue weighted by Gasteiger charge is 2.15. The van der Waals surface area contributed by atoms with Crippen molar-refractivity contribution in [1.82, 2.24) is 9.88 Å². The second-order valence-electron chi connectivity index (χ2n) is 7.13. The number of amides is 1. The summed E-state index contributed by atoms with van der Waals surface area (Å²) < 4.78 is 17.3. The summed E-state index contributed by atoms with van der Waals surface area (Å²) in [7, 11) is 1.78. The molecule has 0 bridgehead atoms. The summed E-state index contributed by atoms with van der Waals surface area (Å²) in [5.74, 6) is 1.80. The van der Waals surface area contributed by atoms with Gasteiger partial charge in [0, 0.05) is 42.1 Å². The second-order valence-corrected chi connectivity index (χ2v) is 7.56. The molecule has 0 aliphatic carbocycles. The summed E-state index contributed by atoms with van der Waals surface area (Å²) in [6, 6.07) is 16.3. The monoisotopic (exact) mass is 454 g/mol. The third-order valence-electron chi connectivity index (χ3n) is 4.67. The first-order valence-corrected chi connectivity index (χ1v) is 10.9. The number of hydrogen-bond donors (Lipinski definition) is 0. The third-order valence-corrected chi connectivity index (χ3v) is 4.93. The molecule has 0 saturated heterocycles. The Balaban J connectivity index is 1.54. The predicted octanol–water partition coefficient (Wildman–Crippen LogP) is 5.25. The Kier molecular flexibility index (Phi) is 8.75. The van der Waals surface area contributed by atoms with E-state index in [2.05, 4.69) is 4.98 Å². The number of halogens is 1. The molecule has 1 aromatic heterocycles. The topological polar surface area (TPSA) is 60.9 Å². The summed E-state index contributed by atoms with van der Waals surface area (Å²) in [6.07, 6.45) is 4.18. The standard InChI is InChI=1S/C25H27ClN2O4/c1-3-30-24-16-20(7-12-23(24)32-18-19-6-4-13-27-17-19)25(29)28(2)14-5-15-31-22-10-8-21(26)9-11-22/h4,6-13,16-17H,3,5,14-15,18H2,1-2H3. The van der Waals surface area contributed by atoms with Crippen LogP contribution in [0.15, 0.2) is 67.0 Å². The van der Waals surface area contributed by atoms with Gasteiger partial charge in [0.25, 0.3) is 5.91 Å². The summed E-state index contributed by atoms with van der Waals surface area (Å²) in [5.41, 5.74) is 1.50. The molecule has 7 heteroatoms. The van der Waals surface area contributed by atoms with Crippen molar-refractivity contribution >= 4 is 17.5 Å². The Hall–Kier alpha value is -3.25. The minimum absolute atomic E-state index is 0.0868. The summed E-state index contributed by atoms with van der Waals surface area (Å²) in [4.78, 5) is 18.6. The summed E-state index contributed by atoms with van der Waals surface area (Å²) >= 11 is 5.87. The highest BCUT2D eigenvalue weighted by molar-refractivity contribution is 6.30. The first kappa shape index (κ1) is 23.4. The molecule has 0 atom stereocenters. The summed E-state index contributed by atoms with van der Waals surface area (Å²) in [6.45, 7) is 3.81. The molecule has 1 heterocycles. The van der Waals surface area contributed by atoms with Gasteiger partial charge < -0.3 is 19.1 Å². The average molecular weight is 455 g/mol. The number of aromatic nitrogens is 1. The van der Waals surface area contributed by atoms with E-state index >= 15 is 0 Å². The Morgan fingerprint density at radius 2 is 1.84 bits per heavy atom. The molecule has 0 aliphatic rings. The molecule has 2 aromatic carbocycles. The van der Waals surface area contributed by atoms with E-state index in [1.807, 2.05) is 31.2 Å². The number of hydrogen-bond acceptors (Lipinski definition) is 5. The largest absolute Gasteiger partial charge is 0.494 e. The third kappa shape index (κ3) is 6.89. The lowest BCUT2D eigenvalue weighted by atomic mass is 10.1. The van der Waals surface area contributed by atoms with E-state index in [0.29, 0.717) is 54.9 Å². The zero-order valence-corrected chi connectivity index (χ0v) is 19.0. The minimum atomic E-state index is -0.0868. The maximum absolute atomic E-state index is 12.9. The van der Waals surface area contributed by atoms with E-state index in [0.717, 1.165) is 11.3 Å². The molecule has 6 nitrogen and oxygen atoms in total. The van der Waals surface area contributed by atoms with Gasteiger partial charge in [0.15, 0.2) is 11.5 Å². The summed E-state index contributed by atoms with van der Waals surface area (Å²) in [5, 5.41) is 0.669. The van der Waals surface area contributed by atoms with E-state index in [-0.39, 0.29) is 5.91 Å². The molecule has 0 N–H and O–H groups in total. The molecule has 0 unspecified atom stereocenters. The maximum Gasteiger partial charge on any atom is 0.253 e. The van der Waals surface area contributed by atoms with E-state index in [1.54, 1.807) is 54.7 Å². The van der Waals surface area contributed by atoms with Crippen molar-refractivity contribution < 1.29 is 19.0 Å². The zero-order valence-electron chi connectivity index (χ0n) is 18.3. The van der Waals surface area contributed by atoms with Crippen molar-refractivity contribution in [2.24, 2.45) is 0 Å². The minimum Gasteiger partial charge on any atom is -0.494 e. The van der Waals surface area contributed by atoms with Gasteiger partial charge in [0.05, 0.1) is 13.2 Å². The number of carbonyl (C=O) groups excluding carboxylic acids is 1. The fourth-order valence-electron chi connectivity index (χ4n) is 3.02. The average Bonchev–Trinajstić information content (AvgIpc) is 2.82. The van der Waals surface area contributed by atoms with Gasteiger partial charge in [-0.15, -0.1) is 0 Å². The number of benzene rings is 2. The van der Waals surface area contributed by atoms with Gasteiger partial charge in [-0.05, 0) is 61.9 Å². The lowest BCUT2D eigenvalue weighted by Gasteiger charge is -2.19. The van der Waals surface area contributed by atoms with Crippen LogP contribution in [0.4, 0.5) is 0 Å². The lowest BCUT2D eigenvalue weighted by molar-refractivity contribution is 0.0787. The van der Waals surface area contributed by atoms with Crippen LogP contribution in [0.3, 0.4) is 0 Å². The van der Waals surface area contributed by atoms with Crippen LogP contribution in [0.1, 0.15) is 29.3 Å². The van der Waals surface area contributed by atoms with Gasteiger partial charge in [-0.3, -0.25) is 9.78 Å². The van der Waals surface area contributed by atoms with Crippen molar-refractivity contribution in [2.75, 3.05) is 26.8 Å². The van der Waals surface area contributed by atoms with Crippen molar-refractivity contribution in [1.29, 1.82) is 0 Å². The van der Waals surface area contributed by atoms with E-state index < -0.39 is 0 Å². The fraction of sp³-hybridized carbons (Fsp3) is 0.280. The van der Waals surface area contributed by atoms with Crippen LogP contribution >= 0.6 is 11.6 Å². The van der Waals surface area contributed by atoms with Gasteiger partial charge >= 0.3 is 0 Å². The SMILES string of the molecule is CCOc1cc(C(=O)N(C)CCCOc2ccc(Cl)cc2)ccc1OCc1cccnc1. The molecule has 0 radical (unpaired) electrons. The molecule has 0 fully saturated rings. The number of rotatable bonds is 11. The van der Waals surface area contributed by atoms with Crippen LogP contribution in [-0.4, -0.2) is 42.6 Å². The van der Waals surface area contributed by atoms with E-state index in [4.69, 9.17) is 25.8 Å². The van der Waals surface area contributed by atoms with Crippen LogP contribution in [0.25, 0.3) is 0 Å². The van der Waals surface area contributed by atoms with Crippen LogP contribution in [0.5, 0.6) is 17.2 Å². The second kappa shape index (κ2) is 12.0. The number of ether oxygens (including phenoxy) is 3. The number of nitrogens with zero attached hydrogens (tertiary/aromatic N) is 2. The molecule has 0 aliphatic heterocycles. The van der Waals surface area contributed by atoms with Crippen molar-refractivity contribution in [3.63, 3.8) is 0 Å². The van der Waals surface area contributed by atoms with Crippen molar-refractivity contribution in [3.05, 3.63) is 83.1 Å². The van der Waals surface area contributed by atoms with Crippen LogP contribution in [0.2, 0.25) is 5.02 Å². The molecule has 32 heavy (non-hydrogen) atoms. The maximum atomic E-state index is 12.9. The van der Waals surface area contributed by atoms with Crippen LogP contribution < -0.4 is 14.2 Å². The molecule has 3 rings (SSSR count). The number of carbonyl (C=O) groups is 1. The highest BCUT2D eigenvalue weighted by Crippen LogP contribution is 2.29. The molecular weight excluding hydrogens is 428 g/mol. The van der Waals surface area contributed by atoms with E-state index in [1.165, 1.54) is 0 Å². The molecule has 0 spiro atoms. The van der Waals surface area contributed by atoms with Crippen LogP contribution in [-0.2, 0) is 6.61 Å². The Labute approximate surface area is 193 Å². The van der Waals surface area contributed by atoms with E-state index in [9.17, 15) is 4.79 Å². The van der Waals surface area contributed by atoms with Crippen molar-refractivity contribution in [2.45, 2.75) is 20.0 Å². The smallest absolute Gasteiger partial charge is 0.253 e. The van der Waals surface area contributed by atoms with Gasteiger partial charge in [0.1, 0.15) is 12.4 Å². The molecule has 3 aromatic rings. The quantitative estimate of drug-likeness (QED) is 0.370. The van der Waals surface area contributed by atoms with Crippen molar-refractivity contribution in [3.8, 4) is 17.2 Å². The van der Waals surface area contributed by atoms with Crippen LogP contribution in [0, 0.1) is 0 Å².